The van der Waals surface area contributed by atoms with Gasteiger partial charge in [-0.15, -0.1) is 11.3 Å². The maximum Gasteiger partial charge on any atom is 0.254 e. The molecule has 1 saturated carbocycles. The van der Waals surface area contributed by atoms with Crippen LogP contribution in [0.15, 0.2) is 36.0 Å². The van der Waals surface area contributed by atoms with Crippen LogP contribution in [0.25, 0.3) is 11.3 Å². The number of nitrogens with one attached hydrogen (secondary N) is 1. The van der Waals surface area contributed by atoms with Crippen molar-refractivity contribution in [2.45, 2.75) is 44.2 Å². The standard InChI is InChI=1S/C25H26ClN7O2S/c26-21-11-18(15-36-21)20-4-1-16(12-29-20)13-32-9-6-25(5-8-27,7-10-32)33-14-19(22(28)34)23(31-33)30-24(35)17-2-3-17/h1,4,11-12,14-15,17H,2-3,5-7,9-10,13H2,(H2,28,34)(H,30,31,35). The van der Waals surface area contributed by atoms with Crippen LogP contribution in [-0.2, 0) is 16.9 Å². The molecular formula is C25H26ClN7O2S. The molecule has 0 spiro atoms. The van der Waals surface area contributed by atoms with Crippen LogP contribution in [0.4, 0.5) is 5.82 Å². The molecule has 186 valence electrons. The van der Waals surface area contributed by atoms with E-state index in [2.05, 4.69) is 32.4 Å². The minimum absolute atomic E-state index is 0.0289. The van der Waals surface area contributed by atoms with Crippen LogP contribution < -0.4 is 11.1 Å². The molecule has 0 atom stereocenters. The van der Waals surface area contributed by atoms with Crippen molar-refractivity contribution >= 4 is 40.6 Å². The fourth-order valence-corrected chi connectivity index (χ4v) is 5.48. The zero-order chi connectivity index (χ0) is 25.3. The molecule has 2 amide bonds. The number of nitrogens with two attached hydrogens (primary N) is 1. The summed E-state index contributed by atoms with van der Waals surface area (Å²) in [6, 6.07) is 8.28. The van der Waals surface area contributed by atoms with Crippen LogP contribution in [0.5, 0.6) is 0 Å². The van der Waals surface area contributed by atoms with Crippen LogP contribution in [-0.4, -0.2) is 44.6 Å². The number of carbonyl (C=O) groups is 2. The topological polar surface area (TPSA) is 130 Å². The Morgan fingerprint density at radius 2 is 2.08 bits per heavy atom. The largest absolute Gasteiger partial charge is 0.365 e. The number of piperidine rings is 1. The molecule has 0 unspecified atom stereocenters. The number of carbonyl (C=O) groups excluding carboxylic acids is 2. The molecule has 2 aliphatic rings. The number of rotatable bonds is 8. The van der Waals surface area contributed by atoms with Crippen molar-refractivity contribution in [3.8, 4) is 17.3 Å². The van der Waals surface area contributed by atoms with Crippen LogP contribution in [0.2, 0.25) is 4.34 Å². The van der Waals surface area contributed by atoms with Crippen molar-refractivity contribution in [1.82, 2.24) is 19.7 Å². The summed E-state index contributed by atoms with van der Waals surface area (Å²) in [5.74, 6) is -0.651. The van der Waals surface area contributed by atoms with Crippen LogP contribution in [0.3, 0.4) is 0 Å². The van der Waals surface area contributed by atoms with E-state index in [1.54, 1.807) is 10.9 Å². The number of halogens is 1. The van der Waals surface area contributed by atoms with Gasteiger partial charge in [0.1, 0.15) is 5.56 Å². The van der Waals surface area contributed by atoms with Crippen LogP contribution >= 0.6 is 22.9 Å². The Morgan fingerprint density at radius 3 is 2.67 bits per heavy atom. The van der Waals surface area contributed by atoms with Gasteiger partial charge >= 0.3 is 0 Å². The number of anilines is 1. The molecule has 0 aromatic carbocycles. The molecule has 0 radical (unpaired) electrons. The third-order valence-corrected chi connectivity index (χ3v) is 8.04. The minimum Gasteiger partial charge on any atom is -0.365 e. The Balaban J connectivity index is 1.28. The van der Waals surface area contributed by atoms with E-state index >= 15 is 0 Å². The maximum absolute atomic E-state index is 12.3. The van der Waals surface area contributed by atoms with Gasteiger partial charge < -0.3 is 11.1 Å². The van der Waals surface area contributed by atoms with Crippen molar-refractivity contribution < 1.29 is 9.59 Å². The summed E-state index contributed by atoms with van der Waals surface area (Å²) >= 11 is 7.52. The Labute approximate surface area is 217 Å². The van der Waals surface area contributed by atoms with Crippen molar-refractivity contribution in [1.29, 1.82) is 5.26 Å². The normalized spacial score (nSPS) is 17.4. The highest BCUT2D eigenvalue weighted by molar-refractivity contribution is 7.14. The molecule has 3 aromatic rings. The van der Waals surface area contributed by atoms with E-state index in [1.165, 1.54) is 11.3 Å². The lowest BCUT2D eigenvalue weighted by atomic mass is 9.84. The quantitative estimate of drug-likeness (QED) is 0.458. The number of likely N-dealkylation sites (tertiary alicyclic amines) is 1. The first kappa shape index (κ1) is 24.4. The predicted molar refractivity (Wildman–Crippen MR) is 137 cm³/mol. The molecule has 11 heteroatoms. The number of hydrogen-bond acceptors (Lipinski definition) is 7. The number of nitrogens with zero attached hydrogens (tertiary/aromatic N) is 5. The Hall–Kier alpha value is -3.26. The molecule has 1 saturated heterocycles. The third-order valence-electron chi connectivity index (χ3n) is 6.94. The lowest BCUT2D eigenvalue weighted by molar-refractivity contribution is -0.117. The molecule has 0 bridgehead atoms. The second-order valence-electron chi connectivity index (χ2n) is 9.49. The highest BCUT2D eigenvalue weighted by Crippen LogP contribution is 2.36. The Morgan fingerprint density at radius 1 is 1.31 bits per heavy atom. The van der Waals surface area contributed by atoms with Gasteiger partial charge in [-0.3, -0.25) is 24.2 Å². The number of nitriles is 1. The van der Waals surface area contributed by atoms with Gasteiger partial charge in [0.05, 0.1) is 28.1 Å². The van der Waals surface area contributed by atoms with E-state index in [0.29, 0.717) is 12.8 Å². The molecule has 5 rings (SSSR count). The van der Waals surface area contributed by atoms with Crippen molar-refractivity contribution in [2.75, 3.05) is 18.4 Å². The SMILES string of the molecule is N#CCC1(n2cc(C(N)=O)c(NC(=O)C3CC3)n2)CCN(Cc2ccc(-c3csc(Cl)c3)nc2)CC1. The Bertz CT molecular complexity index is 1310. The zero-order valence-electron chi connectivity index (χ0n) is 19.6. The van der Waals surface area contributed by atoms with Crippen molar-refractivity contribution in [3.05, 3.63) is 51.4 Å². The first-order valence-corrected chi connectivity index (χ1v) is 13.1. The smallest absolute Gasteiger partial charge is 0.254 e. The first-order valence-electron chi connectivity index (χ1n) is 11.9. The fraction of sp³-hybridized carbons (Fsp3) is 0.400. The van der Waals surface area contributed by atoms with E-state index < -0.39 is 11.4 Å². The van der Waals surface area contributed by atoms with Crippen LogP contribution in [0, 0.1) is 17.2 Å². The number of thiophene rings is 1. The molecule has 2 fully saturated rings. The molecular weight excluding hydrogens is 498 g/mol. The summed E-state index contributed by atoms with van der Waals surface area (Å²) in [6.07, 6.45) is 6.75. The van der Waals surface area contributed by atoms with E-state index in [4.69, 9.17) is 17.3 Å². The van der Waals surface area contributed by atoms with Crippen molar-refractivity contribution in [2.24, 2.45) is 11.7 Å². The van der Waals surface area contributed by atoms with Gasteiger partial charge in [0.25, 0.3) is 5.91 Å². The Kier molecular flexibility index (Phi) is 6.79. The molecule has 36 heavy (non-hydrogen) atoms. The van der Waals surface area contributed by atoms with E-state index in [1.807, 2.05) is 23.7 Å². The third kappa shape index (κ3) is 5.14. The molecule has 4 heterocycles. The number of primary amides is 1. The lowest BCUT2D eigenvalue weighted by Crippen LogP contribution is -2.46. The average Bonchev–Trinajstić information content (AvgIpc) is 3.50. The van der Waals surface area contributed by atoms with E-state index in [0.717, 1.165) is 53.6 Å². The molecule has 1 aliphatic heterocycles. The predicted octanol–water partition coefficient (Wildman–Crippen LogP) is 4.01. The highest BCUT2D eigenvalue weighted by atomic mass is 35.5. The summed E-state index contributed by atoms with van der Waals surface area (Å²) in [5.41, 5.74) is 8.18. The summed E-state index contributed by atoms with van der Waals surface area (Å²) in [4.78, 5) is 31.2. The molecule has 9 nitrogen and oxygen atoms in total. The first-order chi connectivity index (χ1) is 17.4. The average molecular weight is 524 g/mol. The number of amides is 2. The second kappa shape index (κ2) is 10.0. The van der Waals surface area contributed by atoms with E-state index in [-0.39, 0.29) is 29.6 Å². The highest BCUT2D eigenvalue weighted by Gasteiger charge is 2.39. The van der Waals surface area contributed by atoms with Crippen molar-refractivity contribution in [3.63, 3.8) is 0 Å². The maximum atomic E-state index is 12.3. The minimum atomic E-state index is -0.655. The van der Waals surface area contributed by atoms with Gasteiger partial charge in [0.2, 0.25) is 5.91 Å². The fourth-order valence-electron chi connectivity index (χ4n) is 4.61. The molecule has 1 aliphatic carbocycles. The number of pyridine rings is 1. The molecule has 3 N–H and O–H groups in total. The van der Waals surface area contributed by atoms with Gasteiger partial charge in [-0.2, -0.15) is 10.4 Å². The van der Waals surface area contributed by atoms with Gasteiger partial charge in [0, 0.05) is 48.9 Å². The lowest BCUT2D eigenvalue weighted by Gasteiger charge is -2.40. The zero-order valence-corrected chi connectivity index (χ0v) is 21.2. The summed E-state index contributed by atoms with van der Waals surface area (Å²) in [5, 5.41) is 18.9. The van der Waals surface area contributed by atoms with Crippen LogP contribution in [0.1, 0.15) is 48.0 Å². The summed E-state index contributed by atoms with van der Waals surface area (Å²) in [6.45, 7) is 2.24. The summed E-state index contributed by atoms with van der Waals surface area (Å²) in [7, 11) is 0. The van der Waals surface area contributed by atoms with Gasteiger partial charge in [-0.25, -0.2) is 0 Å². The van der Waals surface area contributed by atoms with Gasteiger partial charge in [-0.1, -0.05) is 17.7 Å². The second-order valence-corrected chi connectivity index (χ2v) is 11.0. The molecule has 3 aromatic heterocycles. The van der Waals surface area contributed by atoms with E-state index in [9.17, 15) is 14.9 Å². The summed E-state index contributed by atoms with van der Waals surface area (Å²) < 4.78 is 2.42. The van der Waals surface area contributed by atoms with Gasteiger partial charge in [0.15, 0.2) is 5.82 Å². The monoisotopic (exact) mass is 523 g/mol. The van der Waals surface area contributed by atoms with Gasteiger partial charge in [-0.05, 0) is 43.4 Å². The number of hydrogen-bond donors (Lipinski definition) is 2. The number of aromatic nitrogens is 3.